The number of amides is 2. The van der Waals surface area contributed by atoms with Crippen molar-refractivity contribution in [1.82, 2.24) is 20.3 Å². The minimum absolute atomic E-state index is 0.256. The second-order valence-electron chi connectivity index (χ2n) is 5.74. The molecular weight excluding hydrogens is 282 g/mol. The van der Waals surface area contributed by atoms with Gasteiger partial charge in [0.25, 0.3) is 0 Å². The zero-order valence-electron chi connectivity index (χ0n) is 12.7. The molecule has 2 heterocycles. The van der Waals surface area contributed by atoms with Crippen LogP contribution in [0.25, 0.3) is 0 Å². The van der Waals surface area contributed by atoms with Gasteiger partial charge in [0.1, 0.15) is 12.0 Å². The topological polar surface area (TPSA) is 85.0 Å². The van der Waals surface area contributed by atoms with Crippen LogP contribution < -0.4 is 10.6 Å². The minimum Gasteiger partial charge on any atom is -0.364 e. The van der Waals surface area contributed by atoms with E-state index in [0.29, 0.717) is 18.2 Å². The van der Waals surface area contributed by atoms with Crippen LogP contribution in [-0.4, -0.2) is 21.0 Å². The first-order valence-electron chi connectivity index (χ1n) is 7.70. The highest BCUT2D eigenvalue weighted by Crippen LogP contribution is 2.35. The molecule has 0 saturated heterocycles. The normalized spacial score (nSPS) is 15.7. The van der Waals surface area contributed by atoms with Gasteiger partial charge in [0, 0.05) is 25.2 Å². The van der Waals surface area contributed by atoms with Gasteiger partial charge in [-0.3, -0.25) is 4.68 Å². The number of nitrogens with zero attached hydrogens (tertiary/aromatic N) is 3. The van der Waals surface area contributed by atoms with Crippen molar-refractivity contribution in [2.24, 2.45) is 7.05 Å². The number of hydrogen-bond donors (Lipinski definition) is 2. The van der Waals surface area contributed by atoms with Crippen LogP contribution in [0.3, 0.4) is 0 Å². The number of urea groups is 1. The van der Waals surface area contributed by atoms with Crippen molar-refractivity contribution in [2.45, 2.75) is 44.6 Å². The second kappa shape index (κ2) is 6.64. The summed E-state index contributed by atoms with van der Waals surface area (Å²) in [7, 11) is 1.88. The summed E-state index contributed by atoms with van der Waals surface area (Å²) in [4.78, 5) is 12.0. The fourth-order valence-corrected chi connectivity index (χ4v) is 2.95. The third-order valence-electron chi connectivity index (χ3n) is 4.02. The Hall–Kier alpha value is -2.31. The van der Waals surface area contributed by atoms with Crippen LogP contribution in [0.2, 0.25) is 0 Å². The van der Waals surface area contributed by atoms with Gasteiger partial charge in [-0.2, -0.15) is 5.10 Å². The van der Waals surface area contributed by atoms with Crippen molar-refractivity contribution in [3.63, 3.8) is 0 Å². The first-order valence-corrected chi connectivity index (χ1v) is 7.70. The van der Waals surface area contributed by atoms with Gasteiger partial charge in [-0.1, -0.05) is 24.4 Å². The molecule has 7 nitrogen and oxygen atoms in total. The number of nitrogens with one attached hydrogen (secondary N) is 2. The highest BCUT2D eigenvalue weighted by Gasteiger charge is 2.22. The summed E-state index contributed by atoms with van der Waals surface area (Å²) in [6.45, 7) is 0.335. The van der Waals surface area contributed by atoms with E-state index in [2.05, 4.69) is 20.9 Å². The molecule has 0 aromatic carbocycles. The van der Waals surface area contributed by atoms with Gasteiger partial charge >= 0.3 is 6.03 Å². The van der Waals surface area contributed by atoms with Crippen molar-refractivity contribution in [3.8, 4) is 0 Å². The Morgan fingerprint density at radius 1 is 1.41 bits per heavy atom. The van der Waals surface area contributed by atoms with Gasteiger partial charge in [0.2, 0.25) is 0 Å². The molecule has 0 radical (unpaired) electrons. The second-order valence-corrected chi connectivity index (χ2v) is 5.74. The van der Waals surface area contributed by atoms with Gasteiger partial charge in [-0.25, -0.2) is 4.79 Å². The number of carbonyl (C=O) groups is 1. The fraction of sp³-hybridized carbons (Fsp3) is 0.533. The molecule has 1 saturated carbocycles. The summed E-state index contributed by atoms with van der Waals surface area (Å²) >= 11 is 0. The quantitative estimate of drug-likeness (QED) is 0.909. The molecule has 0 atom stereocenters. The van der Waals surface area contributed by atoms with Crippen LogP contribution in [0.15, 0.2) is 23.0 Å². The Labute approximate surface area is 129 Å². The lowest BCUT2D eigenvalue weighted by atomic mass is 9.86. The average molecular weight is 303 g/mol. The Morgan fingerprint density at radius 2 is 2.23 bits per heavy atom. The molecule has 0 aliphatic heterocycles. The molecule has 7 heteroatoms. The van der Waals surface area contributed by atoms with Crippen LogP contribution in [0.1, 0.15) is 49.4 Å². The first-order chi connectivity index (χ1) is 10.7. The zero-order valence-corrected chi connectivity index (χ0v) is 12.7. The minimum atomic E-state index is -0.256. The van der Waals surface area contributed by atoms with Gasteiger partial charge in [-0.05, 0) is 12.8 Å². The Bertz CT molecular complexity index is 614. The van der Waals surface area contributed by atoms with Gasteiger partial charge < -0.3 is 15.2 Å². The van der Waals surface area contributed by atoms with Gasteiger partial charge in [-0.15, -0.1) is 0 Å². The average Bonchev–Trinajstić information content (AvgIpc) is 3.16. The number of aromatic nitrogens is 3. The van der Waals surface area contributed by atoms with E-state index in [-0.39, 0.29) is 6.03 Å². The lowest BCUT2D eigenvalue weighted by Crippen LogP contribution is -2.28. The molecule has 2 amide bonds. The summed E-state index contributed by atoms with van der Waals surface area (Å²) in [6, 6.07) is 1.46. The van der Waals surface area contributed by atoms with Crippen LogP contribution in [0.4, 0.5) is 10.5 Å². The fourth-order valence-electron chi connectivity index (χ4n) is 2.95. The third-order valence-corrected chi connectivity index (χ3v) is 4.02. The summed E-state index contributed by atoms with van der Waals surface area (Å²) in [5, 5.41) is 14.0. The molecule has 0 bridgehead atoms. The monoisotopic (exact) mass is 303 g/mol. The van der Waals surface area contributed by atoms with Crippen molar-refractivity contribution in [3.05, 3.63) is 29.9 Å². The molecule has 2 aromatic heterocycles. The van der Waals surface area contributed by atoms with E-state index in [0.717, 1.165) is 24.2 Å². The predicted molar refractivity (Wildman–Crippen MR) is 81.4 cm³/mol. The zero-order chi connectivity index (χ0) is 15.4. The molecule has 22 heavy (non-hydrogen) atoms. The molecule has 1 aliphatic carbocycles. The van der Waals surface area contributed by atoms with Gasteiger partial charge in [0.15, 0.2) is 0 Å². The van der Waals surface area contributed by atoms with Crippen molar-refractivity contribution in [1.29, 1.82) is 0 Å². The van der Waals surface area contributed by atoms with Crippen LogP contribution in [-0.2, 0) is 13.6 Å². The van der Waals surface area contributed by atoms with E-state index >= 15 is 0 Å². The van der Waals surface area contributed by atoms with E-state index < -0.39 is 0 Å². The van der Waals surface area contributed by atoms with E-state index in [4.69, 9.17) is 4.52 Å². The van der Waals surface area contributed by atoms with Crippen LogP contribution in [0, 0.1) is 0 Å². The maximum absolute atomic E-state index is 12.0. The SMILES string of the molecule is Cn1cc(NC(=O)NCc2ccon2)c(C2CCCCC2)n1. The molecule has 118 valence electrons. The lowest BCUT2D eigenvalue weighted by molar-refractivity contribution is 0.251. The molecule has 1 aliphatic rings. The maximum Gasteiger partial charge on any atom is 0.319 e. The van der Waals surface area contributed by atoms with Crippen molar-refractivity contribution >= 4 is 11.7 Å². The third kappa shape index (κ3) is 3.47. The smallest absolute Gasteiger partial charge is 0.319 e. The number of carbonyl (C=O) groups excluding carboxylic acids is 1. The van der Waals surface area contributed by atoms with E-state index in [1.165, 1.54) is 25.5 Å². The molecule has 2 aromatic rings. The highest BCUT2D eigenvalue weighted by molar-refractivity contribution is 5.89. The summed E-state index contributed by atoms with van der Waals surface area (Å²) < 4.78 is 6.49. The largest absolute Gasteiger partial charge is 0.364 e. The number of anilines is 1. The van der Waals surface area contributed by atoms with Crippen molar-refractivity contribution < 1.29 is 9.32 Å². The van der Waals surface area contributed by atoms with Crippen LogP contribution in [0.5, 0.6) is 0 Å². The maximum atomic E-state index is 12.0. The van der Waals surface area contributed by atoms with Crippen LogP contribution >= 0.6 is 0 Å². The molecular formula is C15H21N5O2. The summed E-state index contributed by atoms with van der Waals surface area (Å²) in [6.07, 6.45) is 9.40. The molecule has 2 N–H and O–H groups in total. The highest BCUT2D eigenvalue weighted by atomic mass is 16.5. The Balaban J connectivity index is 1.62. The lowest BCUT2D eigenvalue weighted by Gasteiger charge is -2.20. The first kappa shape index (κ1) is 14.6. The van der Waals surface area contributed by atoms with E-state index in [1.807, 2.05) is 13.2 Å². The molecule has 0 unspecified atom stereocenters. The number of hydrogen-bond acceptors (Lipinski definition) is 4. The van der Waals surface area contributed by atoms with Gasteiger partial charge in [0.05, 0.1) is 17.9 Å². The predicted octanol–water partition coefficient (Wildman–Crippen LogP) is 2.78. The number of rotatable bonds is 4. The number of aryl methyl sites for hydroxylation is 1. The molecule has 1 fully saturated rings. The van der Waals surface area contributed by atoms with E-state index in [9.17, 15) is 4.79 Å². The Kier molecular flexibility index (Phi) is 4.41. The summed E-state index contributed by atoms with van der Waals surface area (Å²) in [5.41, 5.74) is 2.49. The van der Waals surface area contributed by atoms with E-state index in [1.54, 1.807) is 10.7 Å². The molecule has 3 rings (SSSR count). The standard InChI is InChI=1S/C15H21N5O2/c1-20-10-13(14(18-20)11-5-3-2-4-6-11)17-15(21)16-9-12-7-8-22-19-12/h7-8,10-11H,2-6,9H2,1H3,(H2,16,17,21). The summed E-state index contributed by atoms with van der Waals surface area (Å²) in [5.74, 6) is 0.445. The van der Waals surface area contributed by atoms with Crippen molar-refractivity contribution in [2.75, 3.05) is 5.32 Å². The molecule has 0 spiro atoms. The Morgan fingerprint density at radius 3 is 2.95 bits per heavy atom.